The van der Waals surface area contributed by atoms with E-state index in [1.807, 2.05) is 35.8 Å². The van der Waals surface area contributed by atoms with Crippen LogP contribution in [0.1, 0.15) is 80.5 Å². The number of amides is 5. The highest BCUT2D eigenvalue weighted by Crippen LogP contribution is 2.32. The molecule has 0 unspecified atom stereocenters. The largest absolute Gasteiger partial charge is 0.444 e. The van der Waals surface area contributed by atoms with Gasteiger partial charge in [-0.1, -0.05) is 32.0 Å². The van der Waals surface area contributed by atoms with Crippen LogP contribution < -0.4 is 21.7 Å². The Morgan fingerprint density at radius 2 is 1.75 bits per heavy atom. The number of imidazole rings is 1. The maximum absolute atomic E-state index is 14.0. The first-order valence-electron chi connectivity index (χ1n) is 17.6. The van der Waals surface area contributed by atoms with E-state index < -0.39 is 65.5 Å². The summed E-state index contributed by atoms with van der Waals surface area (Å²) in [4.78, 5) is 76.6. The number of aliphatic hydroxyl groups is 1. The Kier molecular flexibility index (Phi) is 12.5. The quantitative estimate of drug-likeness (QED) is 0.164. The molecule has 16 nitrogen and oxygen atoms in total. The van der Waals surface area contributed by atoms with Crippen molar-refractivity contribution in [1.29, 1.82) is 0 Å². The summed E-state index contributed by atoms with van der Waals surface area (Å²) in [5.41, 5.74) is 5.07. The van der Waals surface area contributed by atoms with Crippen LogP contribution in [-0.2, 0) is 41.8 Å². The third kappa shape index (κ3) is 9.94. The fourth-order valence-electron chi connectivity index (χ4n) is 6.16. The highest BCUT2D eigenvalue weighted by atomic mass is 16.6. The van der Waals surface area contributed by atoms with Crippen LogP contribution in [0.4, 0.5) is 10.6 Å². The predicted octanol–water partition coefficient (Wildman–Crippen LogP) is 2.73. The van der Waals surface area contributed by atoms with E-state index in [1.54, 1.807) is 48.5 Å². The van der Waals surface area contributed by atoms with Crippen LogP contribution in [0.3, 0.4) is 0 Å². The second kappa shape index (κ2) is 16.2. The molecule has 1 saturated heterocycles. The first-order chi connectivity index (χ1) is 24.3. The number of carbonyl (C=O) groups excluding carboxylic acids is 5. The van der Waals surface area contributed by atoms with Gasteiger partial charge in [-0.3, -0.25) is 19.2 Å². The fourth-order valence-corrected chi connectivity index (χ4v) is 6.16. The molecule has 5 amide bonds. The van der Waals surface area contributed by atoms with Crippen molar-refractivity contribution in [3.8, 4) is 0 Å². The van der Waals surface area contributed by atoms with Gasteiger partial charge in [0.25, 0.3) is 0 Å². The van der Waals surface area contributed by atoms with Gasteiger partial charge in [-0.25, -0.2) is 14.8 Å². The van der Waals surface area contributed by atoms with Crippen molar-refractivity contribution < 1.29 is 38.6 Å². The van der Waals surface area contributed by atoms with Gasteiger partial charge in [-0.15, -0.1) is 0 Å². The number of alkyl carbamates (subject to hydrolysis) is 1. The minimum atomic E-state index is -1.35. The molecule has 284 valence electrons. The molecule has 1 aliphatic heterocycles. The minimum Gasteiger partial charge on any atom is -0.444 e. The molecule has 3 atom stereocenters. The van der Waals surface area contributed by atoms with Gasteiger partial charge < -0.3 is 45.7 Å². The summed E-state index contributed by atoms with van der Waals surface area (Å²) in [6, 6.07) is 4.04. The van der Waals surface area contributed by atoms with Crippen LogP contribution in [0, 0.1) is 5.92 Å². The van der Waals surface area contributed by atoms with Crippen molar-refractivity contribution in [1.82, 2.24) is 30.1 Å². The first-order valence-corrected chi connectivity index (χ1v) is 17.6. The number of pyridine rings is 1. The van der Waals surface area contributed by atoms with E-state index in [0.717, 1.165) is 5.39 Å². The average Bonchev–Trinajstić information content (AvgIpc) is 3.65. The van der Waals surface area contributed by atoms with Gasteiger partial charge in [-0.2, -0.15) is 0 Å². The van der Waals surface area contributed by atoms with Crippen molar-refractivity contribution in [2.45, 2.75) is 117 Å². The van der Waals surface area contributed by atoms with Gasteiger partial charge in [0.1, 0.15) is 41.7 Å². The smallest absolute Gasteiger partial charge is 0.408 e. The first kappa shape index (κ1) is 39.9. The lowest BCUT2D eigenvalue weighted by Gasteiger charge is -2.30. The average molecular weight is 725 g/mol. The van der Waals surface area contributed by atoms with Crippen molar-refractivity contribution in [2.24, 2.45) is 11.7 Å². The van der Waals surface area contributed by atoms with Crippen LogP contribution in [0.2, 0.25) is 0 Å². The van der Waals surface area contributed by atoms with Crippen LogP contribution in [0.15, 0.2) is 24.3 Å². The Morgan fingerprint density at radius 1 is 1.06 bits per heavy atom. The highest BCUT2D eigenvalue weighted by Gasteiger charge is 2.40. The van der Waals surface area contributed by atoms with Gasteiger partial charge in [0.15, 0.2) is 5.82 Å². The standard InChI is InChI=1S/C36H52N8O8/c1-9-51-18-26-40-28-29(44(26)19-36(7,8)50)21-13-10-11-14-22(21)38-30(28)42-32(47)27(20(2)3)41-31(46)24-15-12-16-43(24)33(48)23(17-25(37)45)39-34(49)52-35(4,5)6/h10-11,13-14,20,23-24,27,50H,9,12,15-19H2,1-8H3,(H2,37,45)(H,39,49)(H,41,46)(H,38,42,47)/t23-,24-,27-/m0/s1. The monoisotopic (exact) mass is 724 g/mol. The Morgan fingerprint density at radius 3 is 2.37 bits per heavy atom. The van der Waals surface area contributed by atoms with Gasteiger partial charge in [0.05, 0.1) is 29.6 Å². The Hall–Kier alpha value is -4.83. The summed E-state index contributed by atoms with van der Waals surface area (Å²) >= 11 is 0. The summed E-state index contributed by atoms with van der Waals surface area (Å²) in [5.74, 6) is -2.28. The summed E-state index contributed by atoms with van der Waals surface area (Å²) in [7, 11) is 0. The number of primary amides is 1. The molecule has 2 aromatic heterocycles. The van der Waals surface area contributed by atoms with Crippen molar-refractivity contribution in [3.05, 3.63) is 30.1 Å². The summed E-state index contributed by atoms with van der Waals surface area (Å²) < 4.78 is 12.8. The van der Waals surface area contributed by atoms with Crippen LogP contribution in [0.5, 0.6) is 0 Å². The number of anilines is 1. The molecule has 3 aromatic rings. The molecule has 0 aliphatic carbocycles. The van der Waals surface area contributed by atoms with Crippen molar-refractivity contribution >= 4 is 57.5 Å². The molecule has 6 N–H and O–H groups in total. The number of hydrogen-bond donors (Lipinski definition) is 5. The maximum atomic E-state index is 14.0. The number of nitrogens with one attached hydrogen (secondary N) is 3. The van der Waals surface area contributed by atoms with Crippen molar-refractivity contribution in [3.63, 3.8) is 0 Å². The van der Waals surface area contributed by atoms with E-state index in [4.69, 9.17) is 25.2 Å². The summed E-state index contributed by atoms with van der Waals surface area (Å²) in [6.07, 6.45) is -0.622. The van der Waals surface area contributed by atoms with E-state index in [2.05, 4.69) is 16.0 Å². The molecule has 0 radical (unpaired) electrons. The molecular weight excluding hydrogens is 672 g/mol. The number of rotatable bonds is 14. The van der Waals surface area contributed by atoms with Gasteiger partial charge in [0.2, 0.25) is 23.6 Å². The second-order valence-corrected chi connectivity index (χ2v) is 15.0. The molecule has 4 rings (SSSR count). The molecule has 1 aromatic carbocycles. The maximum Gasteiger partial charge on any atom is 0.408 e. The lowest BCUT2D eigenvalue weighted by Crippen LogP contribution is -2.57. The molecule has 16 heteroatoms. The van der Waals surface area contributed by atoms with E-state index in [1.165, 1.54) is 4.90 Å². The summed E-state index contributed by atoms with van der Waals surface area (Å²) in [5, 5.41) is 19.7. The fraction of sp³-hybridized carbons (Fsp3) is 0.583. The number of ether oxygens (including phenoxy) is 2. The van der Waals surface area contributed by atoms with E-state index in [0.29, 0.717) is 41.8 Å². The minimum absolute atomic E-state index is 0.165. The summed E-state index contributed by atoms with van der Waals surface area (Å²) in [6.45, 7) is 14.8. The van der Waals surface area contributed by atoms with Gasteiger partial charge in [-0.05, 0) is 66.4 Å². The molecule has 1 aliphatic rings. The number of nitrogens with two attached hydrogens (primary N) is 1. The molecule has 0 saturated carbocycles. The normalized spacial score (nSPS) is 16.2. The van der Waals surface area contributed by atoms with E-state index >= 15 is 0 Å². The number of para-hydroxylation sites is 1. The van der Waals surface area contributed by atoms with Gasteiger partial charge in [0, 0.05) is 18.5 Å². The molecule has 0 spiro atoms. The second-order valence-electron chi connectivity index (χ2n) is 15.0. The topological polar surface area (TPSA) is 220 Å². The Bertz CT molecular complexity index is 1810. The third-order valence-corrected chi connectivity index (χ3v) is 8.36. The number of likely N-dealkylation sites (tertiary alicyclic amines) is 1. The molecule has 0 bridgehead atoms. The van der Waals surface area contributed by atoms with Crippen molar-refractivity contribution in [2.75, 3.05) is 18.5 Å². The number of hydrogen-bond acceptors (Lipinski definition) is 10. The van der Waals surface area contributed by atoms with Crippen LogP contribution >= 0.6 is 0 Å². The zero-order valence-corrected chi connectivity index (χ0v) is 31.2. The zero-order valence-electron chi connectivity index (χ0n) is 31.2. The molecular formula is C36H52N8O8. The molecule has 1 fully saturated rings. The lowest BCUT2D eigenvalue weighted by molar-refractivity contribution is -0.141. The number of fused-ring (bicyclic) bond motifs is 3. The van der Waals surface area contributed by atoms with E-state index in [9.17, 15) is 29.1 Å². The predicted molar refractivity (Wildman–Crippen MR) is 194 cm³/mol. The number of nitrogens with zero attached hydrogens (tertiary/aromatic N) is 4. The third-order valence-electron chi connectivity index (χ3n) is 8.36. The number of carbonyl (C=O) groups is 5. The van der Waals surface area contributed by atoms with Gasteiger partial charge >= 0.3 is 6.09 Å². The SMILES string of the molecule is CCOCc1nc2c(NC(=O)[C@@H](NC(=O)[C@@H]3CCCN3C(=O)[C@H](CC(N)=O)NC(=O)OC(C)(C)C)C(C)C)nc3ccccc3c2n1CC(C)(C)O. The highest BCUT2D eigenvalue weighted by molar-refractivity contribution is 6.10. The Labute approximate surface area is 303 Å². The number of aromatic nitrogens is 3. The van der Waals surface area contributed by atoms with Crippen LogP contribution in [0.25, 0.3) is 21.9 Å². The molecule has 3 heterocycles. The zero-order chi connectivity index (χ0) is 38.5. The van der Waals surface area contributed by atoms with Crippen LogP contribution in [-0.4, -0.2) is 96.7 Å². The molecule has 52 heavy (non-hydrogen) atoms. The Balaban J connectivity index is 1.62. The lowest BCUT2D eigenvalue weighted by atomic mass is 10.0. The number of benzene rings is 1. The van der Waals surface area contributed by atoms with E-state index in [-0.39, 0.29) is 31.4 Å².